The zero-order chi connectivity index (χ0) is 17.1. The zero-order valence-electron chi connectivity index (χ0n) is 13.4. The van der Waals surface area contributed by atoms with E-state index in [2.05, 4.69) is 10.2 Å². The minimum atomic E-state index is -0.961. The van der Waals surface area contributed by atoms with Crippen LogP contribution in [0.2, 0.25) is 0 Å². The number of nitrogens with zero attached hydrogens (tertiary/aromatic N) is 1. The molecule has 3 rings (SSSR count). The van der Waals surface area contributed by atoms with Gasteiger partial charge in [0.2, 0.25) is 5.91 Å². The molecule has 2 N–H and O–H groups in total. The third kappa shape index (κ3) is 3.91. The maximum atomic E-state index is 13.6. The number of hydrogen-bond acceptors (Lipinski definition) is 4. The Balaban J connectivity index is 1.52. The first-order chi connectivity index (χ1) is 11.6. The van der Waals surface area contributed by atoms with Gasteiger partial charge in [-0.2, -0.15) is 0 Å². The summed E-state index contributed by atoms with van der Waals surface area (Å²) in [6, 6.07) is 4.10. The van der Waals surface area contributed by atoms with Crippen LogP contribution in [0.3, 0.4) is 0 Å². The lowest BCUT2D eigenvalue weighted by molar-refractivity contribution is -0.121. The minimum Gasteiger partial charge on any atom is -0.396 e. The molecular weight excluding hydrogens is 318 g/mol. The van der Waals surface area contributed by atoms with Crippen LogP contribution in [-0.4, -0.2) is 60.4 Å². The second-order valence-electron chi connectivity index (χ2n) is 6.47. The zero-order valence-corrected chi connectivity index (χ0v) is 13.4. The molecule has 24 heavy (non-hydrogen) atoms. The van der Waals surface area contributed by atoms with E-state index in [-0.39, 0.29) is 42.7 Å². The van der Waals surface area contributed by atoms with Crippen LogP contribution in [-0.2, 0) is 16.0 Å². The van der Waals surface area contributed by atoms with Gasteiger partial charge in [0.1, 0.15) is 0 Å². The van der Waals surface area contributed by atoms with E-state index in [1.54, 1.807) is 0 Å². The maximum absolute atomic E-state index is 13.6. The largest absolute Gasteiger partial charge is 0.396 e. The molecule has 0 bridgehead atoms. The van der Waals surface area contributed by atoms with E-state index in [0.717, 1.165) is 19.0 Å². The first-order valence-electron chi connectivity index (χ1n) is 8.25. The molecule has 2 heterocycles. The van der Waals surface area contributed by atoms with Crippen molar-refractivity contribution in [2.45, 2.75) is 37.5 Å². The number of nitrogens with one attached hydrogen (secondary N) is 1. The molecule has 2 aliphatic rings. The summed E-state index contributed by atoms with van der Waals surface area (Å²) in [4.78, 5) is 14.4. The van der Waals surface area contributed by atoms with Crippen molar-refractivity contribution in [3.05, 3.63) is 35.4 Å². The van der Waals surface area contributed by atoms with Crippen LogP contribution < -0.4 is 5.32 Å². The number of fused-ring (bicyclic) bond motifs is 1. The van der Waals surface area contributed by atoms with Crippen LogP contribution >= 0.6 is 0 Å². The smallest absolute Gasteiger partial charge is 0.224 e. The van der Waals surface area contributed by atoms with E-state index in [1.165, 1.54) is 12.1 Å². The molecule has 7 heteroatoms. The molecular formula is C17H22F2N2O3. The van der Waals surface area contributed by atoms with Crippen molar-refractivity contribution in [1.82, 2.24) is 10.2 Å². The van der Waals surface area contributed by atoms with Crippen LogP contribution in [0.25, 0.3) is 0 Å². The van der Waals surface area contributed by atoms with Crippen molar-refractivity contribution in [2.24, 2.45) is 0 Å². The Morgan fingerprint density at radius 3 is 3.00 bits per heavy atom. The molecule has 0 aliphatic carbocycles. The third-order valence-electron chi connectivity index (χ3n) is 4.69. The Labute approximate surface area is 139 Å². The van der Waals surface area contributed by atoms with Gasteiger partial charge in [0.15, 0.2) is 11.6 Å². The van der Waals surface area contributed by atoms with Gasteiger partial charge >= 0.3 is 0 Å². The lowest BCUT2D eigenvalue weighted by Crippen LogP contribution is -2.46. The Kier molecular flexibility index (Phi) is 5.43. The molecule has 3 atom stereocenters. The first kappa shape index (κ1) is 17.3. The van der Waals surface area contributed by atoms with Crippen molar-refractivity contribution < 1.29 is 23.4 Å². The highest BCUT2D eigenvalue weighted by Gasteiger charge is 2.37. The van der Waals surface area contributed by atoms with E-state index < -0.39 is 11.6 Å². The van der Waals surface area contributed by atoms with Gasteiger partial charge in [-0.25, -0.2) is 8.78 Å². The highest BCUT2D eigenvalue weighted by Crippen LogP contribution is 2.24. The van der Waals surface area contributed by atoms with E-state index in [1.807, 2.05) is 0 Å². The highest BCUT2D eigenvalue weighted by molar-refractivity contribution is 5.79. The predicted molar refractivity (Wildman–Crippen MR) is 83.4 cm³/mol. The highest BCUT2D eigenvalue weighted by atomic mass is 19.2. The van der Waals surface area contributed by atoms with Gasteiger partial charge < -0.3 is 15.2 Å². The number of carbonyl (C=O) groups is 1. The van der Waals surface area contributed by atoms with Crippen LogP contribution in [0.4, 0.5) is 8.78 Å². The van der Waals surface area contributed by atoms with Crippen LogP contribution in [0.1, 0.15) is 18.4 Å². The van der Waals surface area contributed by atoms with Crippen molar-refractivity contribution in [2.75, 3.05) is 26.3 Å². The summed E-state index contributed by atoms with van der Waals surface area (Å²) in [5.74, 6) is -2.21. The summed E-state index contributed by atoms with van der Waals surface area (Å²) in [7, 11) is 0. The molecule has 1 aromatic carbocycles. The molecule has 2 saturated heterocycles. The maximum Gasteiger partial charge on any atom is 0.224 e. The number of rotatable bonds is 5. The van der Waals surface area contributed by atoms with Gasteiger partial charge in [-0.15, -0.1) is 0 Å². The van der Waals surface area contributed by atoms with E-state index in [0.29, 0.717) is 19.6 Å². The normalized spacial score (nSPS) is 27.0. The molecule has 0 radical (unpaired) electrons. The fraction of sp³-hybridized carbons (Fsp3) is 0.588. The molecule has 132 valence electrons. The van der Waals surface area contributed by atoms with Gasteiger partial charge in [-0.1, -0.05) is 12.1 Å². The van der Waals surface area contributed by atoms with Crippen molar-refractivity contribution in [1.29, 1.82) is 0 Å². The summed E-state index contributed by atoms with van der Waals surface area (Å²) in [6.45, 7) is 2.15. The Hall–Kier alpha value is -1.57. The Morgan fingerprint density at radius 1 is 1.38 bits per heavy atom. The van der Waals surface area contributed by atoms with E-state index >= 15 is 0 Å². The first-order valence-corrected chi connectivity index (χ1v) is 8.25. The fourth-order valence-corrected chi connectivity index (χ4v) is 3.50. The average Bonchev–Trinajstić information content (AvgIpc) is 2.93. The van der Waals surface area contributed by atoms with Crippen LogP contribution in [0.5, 0.6) is 0 Å². The van der Waals surface area contributed by atoms with Crippen LogP contribution in [0.15, 0.2) is 18.2 Å². The lowest BCUT2D eigenvalue weighted by atomic mass is 10.1. The van der Waals surface area contributed by atoms with E-state index in [4.69, 9.17) is 9.84 Å². The average molecular weight is 340 g/mol. The topological polar surface area (TPSA) is 61.8 Å². The van der Waals surface area contributed by atoms with Gasteiger partial charge in [-0.3, -0.25) is 9.69 Å². The summed E-state index contributed by atoms with van der Waals surface area (Å²) in [6.07, 6.45) is 1.25. The van der Waals surface area contributed by atoms with Gasteiger partial charge in [0, 0.05) is 37.3 Å². The molecule has 2 aliphatic heterocycles. The summed E-state index contributed by atoms with van der Waals surface area (Å²) < 4.78 is 32.5. The molecule has 0 spiro atoms. The summed E-state index contributed by atoms with van der Waals surface area (Å²) in [5.41, 5.74) is 0.0644. The molecule has 0 aromatic heterocycles. The van der Waals surface area contributed by atoms with Crippen LogP contribution in [0, 0.1) is 11.6 Å². The van der Waals surface area contributed by atoms with Crippen molar-refractivity contribution >= 4 is 5.91 Å². The fourth-order valence-electron chi connectivity index (χ4n) is 3.50. The quantitative estimate of drug-likeness (QED) is 0.834. The predicted octanol–water partition coefficient (Wildman–Crippen LogP) is 0.848. The number of carbonyl (C=O) groups excluding carboxylic acids is 1. The number of aliphatic hydroxyl groups is 1. The molecule has 5 nitrogen and oxygen atoms in total. The Morgan fingerprint density at radius 2 is 2.21 bits per heavy atom. The van der Waals surface area contributed by atoms with Crippen molar-refractivity contribution in [3.63, 3.8) is 0 Å². The Bertz CT molecular complexity index is 599. The van der Waals surface area contributed by atoms with Gasteiger partial charge in [-0.05, 0) is 18.9 Å². The second kappa shape index (κ2) is 7.55. The van der Waals surface area contributed by atoms with Gasteiger partial charge in [0.05, 0.1) is 19.1 Å². The molecule has 1 aromatic rings. The molecule has 2 fully saturated rings. The summed E-state index contributed by atoms with van der Waals surface area (Å²) >= 11 is 0. The molecule has 1 amide bonds. The second-order valence-corrected chi connectivity index (χ2v) is 6.47. The standard InChI is InChI=1S/C17H22F2N2O3/c18-15-3-1-2-11(17(15)19)6-16(23)20-12-7-13-10-24-14(4-5-22)9-21(13)8-12/h1-3,12-14,22H,4-10H2,(H,20,23)/t12-,13-,14-/m0/s1. The number of benzene rings is 1. The molecule has 0 unspecified atom stereocenters. The number of morpholine rings is 1. The number of hydrogen-bond donors (Lipinski definition) is 2. The lowest BCUT2D eigenvalue weighted by Gasteiger charge is -2.34. The summed E-state index contributed by atoms with van der Waals surface area (Å²) in [5, 5.41) is 11.9. The SMILES string of the molecule is O=C(Cc1cccc(F)c1F)N[C@H]1C[C@H]2CO[C@@H](CCO)CN2C1. The number of aliphatic hydroxyl groups excluding tert-OH is 1. The monoisotopic (exact) mass is 340 g/mol. The molecule has 0 saturated carbocycles. The third-order valence-corrected chi connectivity index (χ3v) is 4.69. The van der Waals surface area contributed by atoms with Gasteiger partial charge in [0.25, 0.3) is 0 Å². The number of amides is 1. The van der Waals surface area contributed by atoms with E-state index in [9.17, 15) is 13.6 Å². The number of halogens is 2. The van der Waals surface area contributed by atoms with Crippen molar-refractivity contribution in [3.8, 4) is 0 Å². The number of ether oxygens (including phenoxy) is 1. The minimum absolute atomic E-state index is 0.0180.